The predicted molar refractivity (Wildman–Crippen MR) is 76.9 cm³/mol. The van der Waals surface area contributed by atoms with Gasteiger partial charge in [-0.2, -0.15) is 0 Å². The minimum atomic E-state index is -0.0624. The van der Waals surface area contributed by atoms with Gasteiger partial charge in [0.25, 0.3) is 5.56 Å². The first-order valence-electron chi connectivity index (χ1n) is 6.69. The van der Waals surface area contributed by atoms with Crippen LogP contribution in [-0.2, 0) is 4.74 Å². The third-order valence-corrected chi connectivity index (χ3v) is 3.93. The lowest BCUT2D eigenvalue weighted by atomic mass is 10.1. The van der Waals surface area contributed by atoms with Gasteiger partial charge in [-0.1, -0.05) is 25.6 Å². The molecule has 0 spiro atoms. The van der Waals surface area contributed by atoms with Gasteiger partial charge in [-0.05, 0) is 5.92 Å². The largest absolute Gasteiger partial charge is 0.379 e. The van der Waals surface area contributed by atoms with E-state index in [1.807, 2.05) is 13.8 Å². The normalized spacial score (nSPS) is 17.0. The van der Waals surface area contributed by atoms with Gasteiger partial charge in [0.1, 0.15) is 0 Å². The van der Waals surface area contributed by atoms with Crippen molar-refractivity contribution < 1.29 is 4.74 Å². The molecule has 106 valence electrons. The Hall–Kier alpha value is -0.850. The van der Waals surface area contributed by atoms with E-state index < -0.39 is 0 Å². The van der Waals surface area contributed by atoms with Gasteiger partial charge in [0.15, 0.2) is 5.16 Å². The first-order valence-corrected chi connectivity index (χ1v) is 7.68. The van der Waals surface area contributed by atoms with Crippen LogP contribution in [0.3, 0.4) is 0 Å². The summed E-state index contributed by atoms with van der Waals surface area (Å²) in [6.07, 6.45) is 0. The molecule has 2 rings (SSSR count). The van der Waals surface area contributed by atoms with E-state index in [0.717, 1.165) is 49.5 Å². The number of hydrogen-bond acceptors (Lipinski definition) is 5. The lowest BCUT2D eigenvalue weighted by Gasteiger charge is -2.26. The number of morpholine rings is 1. The minimum Gasteiger partial charge on any atom is -0.379 e. The molecule has 0 amide bonds. The summed E-state index contributed by atoms with van der Waals surface area (Å²) in [7, 11) is 0. The fourth-order valence-electron chi connectivity index (χ4n) is 1.91. The number of aromatic amines is 1. The van der Waals surface area contributed by atoms with Gasteiger partial charge in [-0.15, -0.1) is 0 Å². The molecule has 2 heterocycles. The summed E-state index contributed by atoms with van der Waals surface area (Å²) in [6, 6.07) is 1.58. The molecular weight excluding hydrogens is 262 g/mol. The van der Waals surface area contributed by atoms with E-state index in [-0.39, 0.29) is 11.5 Å². The summed E-state index contributed by atoms with van der Waals surface area (Å²) in [5, 5.41) is 0.726. The monoisotopic (exact) mass is 283 g/mol. The summed E-state index contributed by atoms with van der Waals surface area (Å²) in [4.78, 5) is 21.2. The minimum absolute atomic E-state index is 0.0624. The van der Waals surface area contributed by atoms with Gasteiger partial charge < -0.3 is 9.72 Å². The Morgan fingerprint density at radius 3 is 2.89 bits per heavy atom. The molecule has 1 saturated heterocycles. The van der Waals surface area contributed by atoms with Crippen LogP contribution >= 0.6 is 11.8 Å². The van der Waals surface area contributed by atoms with Gasteiger partial charge in [-0.3, -0.25) is 9.69 Å². The molecule has 0 aliphatic carbocycles. The molecule has 19 heavy (non-hydrogen) atoms. The molecule has 0 atom stereocenters. The SMILES string of the molecule is CC(C)c1cc(=O)[nH]c(SCCN2CCOCC2)n1. The Morgan fingerprint density at radius 1 is 1.47 bits per heavy atom. The Balaban J connectivity index is 1.86. The van der Waals surface area contributed by atoms with Crippen molar-refractivity contribution in [1.82, 2.24) is 14.9 Å². The van der Waals surface area contributed by atoms with Gasteiger partial charge >= 0.3 is 0 Å². The fourth-order valence-corrected chi connectivity index (χ4v) is 2.80. The lowest BCUT2D eigenvalue weighted by molar-refractivity contribution is 0.0410. The number of hydrogen-bond donors (Lipinski definition) is 1. The molecule has 0 aromatic carbocycles. The third kappa shape index (κ3) is 4.63. The van der Waals surface area contributed by atoms with Crippen LogP contribution in [-0.4, -0.2) is 53.5 Å². The van der Waals surface area contributed by atoms with Gasteiger partial charge in [0.2, 0.25) is 0 Å². The summed E-state index contributed by atoms with van der Waals surface area (Å²) in [5.41, 5.74) is 0.796. The molecule has 1 fully saturated rings. The molecule has 6 heteroatoms. The Kier molecular flexibility index (Phi) is 5.42. The van der Waals surface area contributed by atoms with Crippen molar-refractivity contribution in [2.45, 2.75) is 24.9 Å². The van der Waals surface area contributed by atoms with Crippen molar-refractivity contribution in [2.75, 3.05) is 38.6 Å². The smallest absolute Gasteiger partial charge is 0.251 e. The van der Waals surface area contributed by atoms with Gasteiger partial charge in [0, 0.05) is 31.5 Å². The maximum absolute atomic E-state index is 11.5. The maximum atomic E-state index is 11.5. The number of ether oxygens (including phenoxy) is 1. The van der Waals surface area contributed by atoms with Crippen LogP contribution in [0, 0.1) is 0 Å². The van der Waals surface area contributed by atoms with Gasteiger partial charge in [0.05, 0.1) is 18.9 Å². The molecular formula is C13H21N3O2S. The number of aromatic nitrogens is 2. The molecule has 5 nitrogen and oxygen atoms in total. The zero-order chi connectivity index (χ0) is 13.7. The van der Waals surface area contributed by atoms with Crippen molar-refractivity contribution in [1.29, 1.82) is 0 Å². The van der Waals surface area contributed by atoms with E-state index in [4.69, 9.17) is 4.74 Å². The van der Waals surface area contributed by atoms with Crippen molar-refractivity contribution in [3.63, 3.8) is 0 Å². The molecule has 0 saturated carbocycles. The molecule has 1 aliphatic rings. The first kappa shape index (κ1) is 14.6. The highest BCUT2D eigenvalue weighted by Crippen LogP contribution is 2.15. The quantitative estimate of drug-likeness (QED) is 0.652. The number of rotatable bonds is 5. The second-order valence-corrected chi connectivity index (χ2v) is 6.02. The second-order valence-electron chi connectivity index (χ2n) is 4.93. The highest BCUT2D eigenvalue weighted by molar-refractivity contribution is 7.99. The van der Waals surface area contributed by atoms with Crippen LogP contribution in [0.4, 0.5) is 0 Å². The zero-order valence-corrected chi connectivity index (χ0v) is 12.3. The molecule has 1 N–H and O–H groups in total. The maximum Gasteiger partial charge on any atom is 0.251 e. The Bertz CT molecular complexity index is 455. The van der Waals surface area contributed by atoms with Crippen molar-refractivity contribution in [2.24, 2.45) is 0 Å². The third-order valence-electron chi connectivity index (χ3n) is 3.08. The van der Waals surface area contributed by atoms with Crippen LogP contribution in [0.1, 0.15) is 25.5 Å². The summed E-state index contributed by atoms with van der Waals surface area (Å²) >= 11 is 1.61. The summed E-state index contributed by atoms with van der Waals surface area (Å²) in [5.74, 6) is 1.21. The molecule has 1 aliphatic heterocycles. The second kappa shape index (κ2) is 7.07. The van der Waals surface area contributed by atoms with Crippen LogP contribution in [0.2, 0.25) is 0 Å². The Labute approximate surface area is 117 Å². The standard InChI is InChI=1S/C13H21N3O2S/c1-10(2)11-9-12(17)15-13(14-11)19-8-5-16-3-6-18-7-4-16/h9-10H,3-8H2,1-2H3,(H,14,15,17). The van der Waals surface area contributed by atoms with Crippen LogP contribution in [0.25, 0.3) is 0 Å². The van der Waals surface area contributed by atoms with Crippen molar-refractivity contribution >= 4 is 11.8 Å². The average Bonchev–Trinajstić information content (AvgIpc) is 2.39. The first-order chi connectivity index (χ1) is 9.15. The van der Waals surface area contributed by atoms with Crippen molar-refractivity contribution in [3.05, 3.63) is 22.1 Å². The van der Waals surface area contributed by atoms with E-state index in [0.29, 0.717) is 0 Å². The summed E-state index contributed by atoms with van der Waals surface area (Å²) in [6.45, 7) is 8.73. The molecule has 1 aromatic heterocycles. The fraction of sp³-hybridized carbons (Fsp3) is 0.692. The molecule has 0 bridgehead atoms. The van der Waals surface area contributed by atoms with Crippen LogP contribution in [0.5, 0.6) is 0 Å². The van der Waals surface area contributed by atoms with Crippen molar-refractivity contribution in [3.8, 4) is 0 Å². The van der Waals surface area contributed by atoms with Crippen LogP contribution in [0.15, 0.2) is 16.0 Å². The topological polar surface area (TPSA) is 58.2 Å². The van der Waals surface area contributed by atoms with E-state index in [2.05, 4.69) is 14.9 Å². The highest BCUT2D eigenvalue weighted by atomic mass is 32.2. The number of nitrogens with zero attached hydrogens (tertiary/aromatic N) is 2. The number of nitrogens with one attached hydrogen (secondary N) is 1. The van der Waals surface area contributed by atoms with Gasteiger partial charge in [-0.25, -0.2) is 4.98 Å². The summed E-state index contributed by atoms with van der Waals surface area (Å²) < 4.78 is 5.31. The Morgan fingerprint density at radius 2 is 2.21 bits per heavy atom. The number of thioether (sulfide) groups is 1. The van der Waals surface area contributed by atoms with E-state index >= 15 is 0 Å². The zero-order valence-electron chi connectivity index (χ0n) is 11.5. The lowest BCUT2D eigenvalue weighted by Crippen LogP contribution is -2.37. The predicted octanol–water partition coefficient (Wildman–Crippen LogP) is 1.32. The highest BCUT2D eigenvalue weighted by Gasteiger charge is 2.10. The van der Waals surface area contributed by atoms with E-state index in [9.17, 15) is 4.79 Å². The van der Waals surface area contributed by atoms with E-state index in [1.165, 1.54) is 0 Å². The van der Waals surface area contributed by atoms with E-state index in [1.54, 1.807) is 17.8 Å². The molecule has 0 radical (unpaired) electrons. The van der Waals surface area contributed by atoms with Crippen LogP contribution < -0.4 is 5.56 Å². The average molecular weight is 283 g/mol. The molecule has 0 unspecified atom stereocenters. The molecule has 1 aromatic rings. The number of H-pyrrole nitrogens is 1.